The molecule has 1 unspecified atom stereocenters. The van der Waals surface area contributed by atoms with Crippen LogP contribution in [0.5, 0.6) is 0 Å². The van der Waals surface area contributed by atoms with Crippen LogP contribution in [0.1, 0.15) is 30.0 Å². The van der Waals surface area contributed by atoms with Gasteiger partial charge < -0.3 is 15.0 Å². The van der Waals surface area contributed by atoms with Gasteiger partial charge in [0.2, 0.25) is 11.9 Å². The number of aryl methyl sites for hydroxylation is 1. The topological polar surface area (TPSA) is 72.3 Å². The molecular formula is C25H29N5O2S. The number of hydrogen-bond acceptors (Lipinski definition) is 6. The lowest BCUT2D eigenvalue weighted by Crippen LogP contribution is -2.37. The third-order valence-corrected chi connectivity index (χ3v) is 7.03. The van der Waals surface area contributed by atoms with Crippen LogP contribution in [0.2, 0.25) is 0 Å². The van der Waals surface area contributed by atoms with E-state index < -0.39 is 0 Å². The molecule has 1 aromatic heterocycles. The van der Waals surface area contributed by atoms with Gasteiger partial charge in [0.1, 0.15) is 0 Å². The second-order valence-electron chi connectivity index (χ2n) is 8.63. The van der Waals surface area contributed by atoms with E-state index in [-0.39, 0.29) is 11.9 Å². The highest BCUT2D eigenvalue weighted by molar-refractivity contribution is 7.99. The Labute approximate surface area is 198 Å². The van der Waals surface area contributed by atoms with Crippen LogP contribution in [0, 0.1) is 12.8 Å². The molecule has 1 saturated heterocycles. The van der Waals surface area contributed by atoms with E-state index in [2.05, 4.69) is 68.3 Å². The number of amides is 1. The van der Waals surface area contributed by atoms with E-state index in [9.17, 15) is 4.79 Å². The molecule has 5 rings (SSSR count). The zero-order valence-corrected chi connectivity index (χ0v) is 19.6. The summed E-state index contributed by atoms with van der Waals surface area (Å²) < 4.78 is 7.56. The number of hydrogen-bond donors (Lipinski definition) is 1. The minimum Gasteiger partial charge on any atom is -0.378 e. The van der Waals surface area contributed by atoms with Crippen molar-refractivity contribution in [2.75, 3.05) is 37.0 Å². The van der Waals surface area contributed by atoms with E-state index in [1.165, 1.54) is 22.9 Å². The summed E-state index contributed by atoms with van der Waals surface area (Å²) in [4.78, 5) is 15.1. The predicted octanol–water partition coefficient (Wildman–Crippen LogP) is 3.77. The van der Waals surface area contributed by atoms with Crippen molar-refractivity contribution in [2.45, 2.75) is 31.0 Å². The van der Waals surface area contributed by atoms with Gasteiger partial charge in [0, 0.05) is 13.1 Å². The molecule has 3 aromatic rings. The van der Waals surface area contributed by atoms with Gasteiger partial charge in [-0.3, -0.25) is 9.36 Å². The molecule has 2 heterocycles. The molecule has 33 heavy (non-hydrogen) atoms. The summed E-state index contributed by atoms with van der Waals surface area (Å²) >= 11 is 1.43. The van der Waals surface area contributed by atoms with Crippen LogP contribution in [0.15, 0.2) is 59.8 Å². The third kappa shape index (κ3) is 5.23. The first-order valence-electron chi connectivity index (χ1n) is 11.5. The Morgan fingerprint density at radius 2 is 1.82 bits per heavy atom. The number of carbonyl (C=O) groups excluding carboxylic acids is 1. The zero-order valence-electron chi connectivity index (χ0n) is 18.8. The molecule has 1 aliphatic carbocycles. The van der Waals surface area contributed by atoms with Gasteiger partial charge in [-0.25, -0.2) is 0 Å². The predicted molar refractivity (Wildman–Crippen MR) is 130 cm³/mol. The first-order valence-corrected chi connectivity index (χ1v) is 12.5. The summed E-state index contributed by atoms with van der Waals surface area (Å²) in [5.41, 5.74) is 3.37. The minimum atomic E-state index is 0.0205. The molecule has 1 aliphatic heterocycles. The van der Waals surface area contributed by atoms with Crippen molar-refractivity contribution in [3.8, 4) is 5.69 Å². The summed E-state index contributed by atoms with van der Waals surface area (Å²) in [6.07, 6.45) is 2.33. The highest BCUT2D eigenvalue weighted by Crippen LogP contribution is 2.41. The normalized spacial score (nSPS) is 17.1. The largest absolute Gasteiger partial charge is 0.378 e. The Morgan fingerprint density at radius 3 is 2.52 bits per heavy atom. The molecule has 0 bridgehead atoms. The SMILES string of the molecule is Cc1ccc(-n2c(SCC(=O)NC(c3ccccc3)C3CC3)nnc2N2CCOCC2)cc1. The molecule has 2 aliphatic rings. The Balaban J connectivity index is 1.33. The maximum atomic E-state index is 12.9. The van der Waals surface area contributed by atoms with Gasteiger partial charge in [0.05, 0.1) is 30.7 Å². The number of benzene rings is 2. The van der Waals surface area contributed by atoms with E-state index in [1.807, 2.05) is 18.2 Å². The van der Waals surface area contributed by atoms with E-state index >= 15 is 0 Å². The van der Waals surface area contributed by atoms with Crippen molar-refractivity contribution in [3.63, 3.8) is 0 Å². The lowest BCUT2D eigenvalue weighted by molar-refractivity contribution is -0.119. The lowest BCUT2D eigenvalue weighted by Gasteiger charge is -2.28. The Hall–Kier alpha value is -2.84. The van der Waals surface area contributed by atoms with E-state index in [4.69, 9.17) is 4.74 Å². The van der Waals surface area contributed by atoms with Crippen LogP contribution in [0.25, 0.3) is 5.69 Å². The first kappa shape index (κ1) is 22.0. The number of thioether (sulfide) groups is 1. The molecule has 0 spiro atoms. The fourth-order valence-electron chi connectivity index (χ4n) is 4.15. The monoisotopic (exact) mass is 463 g/mol. The second-order valence-corrected chi connectivity index (χ2v) is 9.58. The molecule has 8 heteroatoms. The molecule has 0 radical (unpaired) electrons. The molecular weight excluding hydrogens is 434 g/mol. The van der Waals surface area contributed by atoms with Gasteiger partial charge in [-0.1, -0.05) is 59.8 Å². The van der Waals surface area contributed by atoms with Crippen LogP contribution in [-0.2, 0) is 9.53 Å². The van der Waals surface area contributed by atoms with Crippen molar-refractivity contribution in [2.24, 2.45) is 5.92 Å². The molecule has 1 saturated carbocycles. The van der Waals surface area contributed by atoms with Crippen LogP contribution < -0.4 is 10.2 Å². The van der Waals surface area contributed by atoms with E-state index in [0.717, 1.165) is 42.7 Å². The summed E-state index contributed by atoms with van der Waals surface area (Å²) in [6, 6.07) is 18.7. The van der Waals surface area contributed by atoms with Crippen molar-refractivity contribution in [1.29, 1.82) is 0 Å². The average molecular weight is 464 g/mol. The summed E-state index contributed by atoms with van der Waals surface area (Å²) in [5.74, 6) is 1.64. The number of carbonyl (C=O) groups is 1. The van der Waals surface area contributed by atoms with E-state index in [1.54, 1.807) is 0 Å². The smallest absolute Gasteiger partial charge is 0.232 e. The summed E-state index contributed by atoms with van der Waals surface area (Å²) in [6.45, 7) is 4.97. The van der Waals surface area contributed by atoms with E-state index in [0.29, 0.717) is 24.9 Å². The molecule has 1 atom stereocenters. The number of morpholine rings is 1. The third-order valence-electron chi connectivity index (χ3n) is 6.10. The number of anilines is 1. The number of nitrogens with zero attached hydrogens (tertiary/aromatic N) is 4. The quantitative estimate of drug-likeness (QED) is 0.513. The molecule has 7 nitrogen and oxygen atoms in total. The van der Waals surface area contributed by atoms with Crippen LogP contribution in [-0.4, -0.2) is 52.7 Å². The van der Waals surface area contributed by atoms with Crippen molar-refractivity contribution in [3.05, 3.63) is 65.7 Å². The van der Waals surface area contributed by atoms with Gasteiger partial charge >= 0.3 is 0 Å². The van der Waals surface area contributed by atoms with Crippen molar-refractivity contribution < 1.29 is 9.53 Å². The maximum Gasteiger partial charge on any atom is 0.232 e. The Morgan fingerprint density at radius 1 is 1.09 bits per heavy atom. The first-order chi connectivity index (χ1) is 16.2. The fourth-order valence-corrected chi connectivity index (χ4v) is 4.91. The highest BCUT2D eigenvalue weighted by Gasteiger charge is 2.33. The highest BCUT2D eigenvalue weighted by atomic mass is 32.2. The number of nitrogens with one attached hydrogen (secondary N) is 1. The maximum absolute atomic E-state index is 12.9. The number of ether oxygens (including phenoxy) is 1. The van der Waals surface area contributed by atoms with Crippen LogP contribution in [0.3, 0.4) is 0 Å². The molecule has 1 amide bonds. The second kappa shape index (κ2) is 9.97. The molecule has 2 aromatic carbocycles. The van der Waals surface area contributed by atoms with Gasteiger partial charge in [0.15, 0.2) is 5.16 Å². The van der Waals surface area contributed by atoms with Gasteiger partial charge in [-0.05, 0) is 43.4 Å². The minimum absolute atomic E-state index is 0.0205. The fraction of sp³-hybridized carbons (Fsp3) is 0.400. The van der Waals surface area contributed by atoms with Gasteiger partial charge in [0.25, 0.3) is 0 Å². The Bertz CT molecular complexity index is 1080. The summed E-state index contributed by atoms with van der Waals surface area (Å²) in [5, 5.41) is 12.9. The van der Waals surface area contributed by atoms with Crippen LogP contribution >= 0.6 is 11.8 Å². The summed E-state index contributed by atoms with van der Waals surface area (Å²) in [7, 11) is 0. The number of rotatable bonds is 8. The number of aromatic nitrogens is 3. The zero-order chi connectivity index (χ0) is 22.6. The van der Waals surface area contributed by atoms with Gasteiger partial charge in [-0.2, -0.15) is 0 Å². The van der Waals surface area contributed by atoms with Crippen molar-refractivity contribution >= 4 is 23.6 Å². The molecule has 1 N–H and O–H groups in total. The Kier molecular flexibility index (Phi) is 6.64. The van der Waals surface area contributed by atoms with Crippen molar-refractivity contribution in [1.82, 2.24) is 20.1 Å². The standard InChI is InChI=1S/C25H29N5O2S/c1-18-7-11-21(12-8-18)30-24(29-13-15-32-16-14-29)27-28-25(30)33-17-22(31)26-23(20-9-10-20)19-5-3-2-4-6-19/h2-8,11-12,20,23H,9-10,13-17H2,1H3,(H,26,31). The lowest BCUT2D eigenvalue weighted by atomic mass is 10.0. The molecule has 2 fully saturated rings. The average Bonchev–Trinajstić information content (AvgIpc) is 3.61. The van der Waals surface area contributed by atoms with Crippen LogP contribution in [0.4, 0.5) is 5.95 Å². The van der Waals surface area contributed by atoms with Gasteiger partial charge in [-0.15, -0.1) is 10.2 Å². The molecule has 172 valence electrons.